The van der Waals surface area contributed by atoms with Crippen molar-refractivity contribution in [2.24, 2.45) is 5.92 Å². The van der Waals surface area contributed by atoms with E-state index in [-0.39, 0.29) is 35.7 Å². The Morgan fingerprint density at radius 1 is 1.00 bits per heavy atom. The molecule has 2 aromatic rings. The van der Waals surface area contributed by atoms with Gasteiger partial charge in [0, 0.05) is 37.4 Å². The second kappa shape index (κ2) is 12.7. The molecule has 3 aliphatic rings. The minimum absolute atomic E-state index is 0.00270. The molecule has 2 amide bonds. The van der Waals surface area contributed by atoms with Crippen LogP contribution in [0.4, 0.5) is 5.69 Å². The number of hydrogen-bond acceptors (Lipinski definition) is 6. The van der Waals surface area contributed by atoms with Crippen LogP contribution in [-0.2, 0) is 36.4 Å². The summed E-state index contributed by atoms with van der Waals surface area (Å²) in [6.07, 6.45) is 4.05. The van der Waals surface area contributed by atoms with Gasteiger partial charge in [-0.15, -0.1) is 0 Å². The fourth-order valence-electron chi connectivity index (χ4n) is 6.63. The molecule has 2 aromatic carbocycles. The predicted octanol–water partition coefficient (Wildman–Crippen LogP) is 3.15. The highest BCUT2D eigenvalue weighted by molar-refractivity contribution is 7.92. The van der Waals surface area contributed by atoms with Crippen molar-refractivity contribution >= 4 is 27.5 Å². The largest absolute Gasteiger partial charge is 0.372 e. The van der Waals surface area contributed by atoms with Crippen molar-refractivity contribution in [3.8, 4) is 0 Å². The number of likely N-dealkylation sites (tertiary alicyclic amines) is 2. The lowest BCUT2D eigenvalue weighted by Gasteiger charge is -2.40. The van der Waals surface area contributed by atoms with Crippen LogP contribution in [0.25, 0.3) is 0 Å². The summed E-state index contributed by atoms with van der Waals surface area (Å²) in [6.45, 7) is 5.59. The van der Waals surface area contributed by atoms with E-state index >= 15 is 0 Å². The first kappa shape index (κ1) is 30.5. The standard InChI is InChI=1S/C32H44N4O5S/c1-24(41-22-25-9-5-4-6-10-25)28(33-31(38)26-13-17-34(2)18-14-26)21-30(37)35-19-15-32(16-20-35)23-36(42(3,39)40)29-12-8-7-11-27(29)32/h4-12,24,26,28H,13-23H2,1-3H3,(H,33,38)/t24?,28-/m1/s1. The number of carbonyl (C=O) groups is 2. The number of carbonyl (C=O) groups excluding carboxylic acids is 2. The van der Waals surface area contributed by atoms with Crippen molar-refractivity contribution in [2.45, 2.75) is 63.2 Å². The van der Waals surface area contributed by atoms with Gasteiger partial charge in [-0.05, 0) is 69.9 Å². The number of piperidine rings is 2. The minimum Gasteiger partial charge on any atom is -0.372 e. The molecule has 2 saturated heterocycles. The van der Waals surface area contributed by atoms with Gasteiger partial charge in [0.15, 0.2) is 0 Å². The SMILES string of the molecule is CC(OCc1ccccc1)[C@@H](CC(=O)N1CCC2(CC1)CN(S(C)(=O)=O)c1ccccc12)NC(=O)C1CCN(C)CC1. The molecule has 5 rings (SSSR count). The monoisotopic (exact) mass is 596 g/mol. The molecule has 0 aromatic heterocycles. The lowest BCUT2D eigenvalue weighted by Crippen LogP contribution is -2.52. The van der Waals surface area contributed by atoms with E-state index in [1.165, 1.54) is 10.6 Å². The van der Waals surface area contributed by atoms with E-state index in [1.807, 2.05) is 66.4 Å². The first-order valence-corrected chi connectivity index (χ1v) is 16.9. The Morgan fingerprint density at radius 2 is 1.64 bits per heavy atom. The zero-order valence-corrected chi connectivity index (χ0v) is 25.8. The van der Waals surface area contributed by atoms with Crippen LogP contribution in [0.15, 0.2) is 54.6 Å². The molecule has 1 spiro atoms. The van der Waals surface area contributed by atoms with Crippen LogP contribution in [0.5, 0.6) is 0 Å². The number of amides is 2. The smallest absolute Gasteiger partial charge is 0.232 e. The molecule has 1 unspecified atom stereocenters. The van der Waals surface area contributed by atoms with Gasteiger partial charge in [-0.3, -0.25) is 13.9 Å². The maximum atomic E-state index is 13.7. The van der Waals surface area contributed by atoms with E-state index in [0.717, 1.165) is 42.7 Å². The van der Waals surface area contributed by atoms with E-state index in [0.29, 0.717) is 39.1 Å². The maximum Gasteiger partial charge on any atom is 0.232 e. The number of sulfonamides is 1. The summed E-state index contributed by atoms with van der Waals surface area (Å²) in [6, 6.07) is 17.2. The van der Waals surface area contributed by atoms with Crippen LogP contribution < -0.4 is 9.62 Å². The summed E-state index contributed by atoms with van der Waals surface area (Å²) in [5, 5.41) is 3.19. The Kier molecular flexibility index (Phi) is 9.25. The van der Waals surface area contributed by atoms with Crippen molar-refractivity contribution in [2.75, 3.05) is 50.3 Å². The molecule has 0 bridgehead atoms. The fourth-order valence-corrected chi connectivity index (χ4v) is 7.63. The Hall–Kier alpha value is -2.95. The predicted molar refractivity (Wildman–Crippen MR) is 164 cm³/mol. The molecule has 10 heteroatoms. The van der Waals surface area contributed by atoms with Gasteiger partial charge in [0.2, 0.25) is 21.8 Å². The number of ether oxygens (including phenoxy) is 1. The number of para-hydroxylation sites is 1. The molecule has 0 aliphatic carbocycles. The number of benzene rings is 2. The van der Waals surface area contributed by atoms with E-state index in [1.54, 1.807) is 0 Å². The van der Waals surface area contributed by atoms with Gasteiger partial charge in [-0.2, -0.15) is 0 Å². The molecule has 42 heavy (non-hydrogen) atoms. The van der Waals surface area contributed by atoms with E-state index in [9.17, 15) is 18.0 Å². The Balaban J connectivity index is 1.24. The molecular formula is C32H44N4O5S. The number of rotatable bonds is 9. The van der Waals surface area contributed by atoms with Gasteiger partial charge in [-0.1, -0.05) is 48.5 Å². The van der Waals surface area contributed by atoms with E-state index in [4.69, 9.17) is 4.74 Å². The topological polar surface area (TPSA) is 99.3 Å². The van der Waals surface area contributed by atoms with Crippen LogP contribution >= 0.6 is 0 Å². The summed E-state index contributed by atoms with van der Waals surface area (Å²) in [7, 11) is -1.33. The zero-order chi connectivity index (χ0) is 29.9. The van der Waals surface area contributed by atoms with Gasteiger partial charge in [0.1, 0.15) is 0 Å². The molecule has 228 valence electrons. The lowest BCUT2D eigenvalue weighted by atomic mass is 9.74. The van der Waals surface area contributed by atoms with Gasteiger partial charge in [0.25, 0.3) is 0 Å². The van der Waals surface area contributed by atoms with Crippen molar-refractivity contribution < 1.29 is 22.7 Å². The molecule has 0 radical (unpaired) electrons. The minimum atomic E-state index is -3.40. The van der Waals surface area contributed by atoms with Gasteiger partial charge >= 0.3 is 0 Å². The zero-order valence-electron chi connectivity index (χ0n) is 25.0. The van der Waals surface area contributed by atoms with Crippen LogP contribution in [0, 0.1) is 5.92 Å². The Bertz CT molecular complexity index is 1350. The number of nitrogens with one attached hydrogen (secondary N) is 1. The highest BCUT2D eigenvalue weighted by Gasteiger charge is 2.47. The average Bonchev–Trinajstić information content (AvgIpc) is 3.31. The van der Waals surface area contributed by atoms with Gasteiger partial charge in [0.05, 0.1) is 30.7 Å². The molecule has 3 aliphatic heterocycles. The second-order valence-corrected chi connectivity index (χ2v) is 14.3. The van der Waals surface area contributed by atoms with Gasteiger partial charge in [-0.25, -0.2) is 8.42 Å². The Morgan fingerprint density at radius 3 is 2.31 bits per heavy atom. The molecule has 2 atom stereocenters. The van der Waals surface area contributed by atoms with Crippen molar-refractivity contribution in [1.82, 2.24) is 15.1 Å². The summed E-state index contributed by atoms with van der Waals surface area (Å²) < 4.78 is 32.8. The average molecular weight is 597 g/mol. The quantitative estimate of drug-likeness (QED) is 0.478. The van der Waals surface area contributed by atoms with Crippen LogP contribution in [0.2, 0.25) is 0 Å². The third-order valence-electron chi connectivity index (χ3n) is 9.40. The third-order valence-corrected chi connectivity index (χ3v) is 10.5. The first-order chi connectivity index (χ1) is 20.1. The molecule has 1 N–H and O–H groups in total. The maximum absolute atomic E-state index is 13.7. The van der Waals surface area contributed by atoms with Gasteiger partial charge < -0.3 is 19.9 Å². The number of fused-ring (bicyclic) bond motifs is 2. The number of nitrogens with zero attached hydrogens (tertiary/aromatic N) is 3. The highest BCUT2D eigenvalue weighted by atomic mass is 32.2. The van der Waals surface area contributed by atoms with Crippen LogP contribution in [0.3, 0.4) is 0 Å². The second-order valence-electron chi connectivity index (χ2n) is 12.3. The number of anilines is 1. The highest BCUT2D eigenvalue weighted by Crippen LogP contribution is 2.47. The van der Waals surface area contributed by atoms with E-state index in [2.05, 4.69) is 17.3 Å². The van der Waals surface area contributed by atoms with Crippen LogP contribution in [-0.4, -0.2) is 88.2 Å². The van der Waals surface area contributed by atoms with Crippen LogP contribution in [0.1, 0.15) is 50.2 Å². The molecule has 3 heterocycles. The van der Waals surface area contributed by atoms with E-state index < -0.39 is 16.1 Å². The molecule has 9 nitrogen and oxygen atoms in total. The first-order valence-electron chi connectivity index (χ1n) is 15.1. The summed E-state index contributed by atoms with van der Waals surface area (Å²) >= 11 is 0. The normalized spacial score (nSPS) is 20.7. The summed E-state index contributed by atoms with van der Waals surface area (Å²) in [4.78, 5) is 31.1. The lowest BCUT2D eigenvalue weighted by molar-refractivity contribution is -0.135. The summed E-state index contributed by atoms with van der Waals surface area (Å²) in [5.41, 5.74) is 2.54. The number of hydrogen-bond donors (Lipinski definition) is 1. The fraction of sp³-hybridized carbons (Fsp3) is 0.562. The third kappa shape index (κ3) is 6.82. The molecule has 2 fully saturated rings. The summed E-state index contributed by atoms with van der Waals surface area (Å²) in [5.74, 6) is -0.0766. The molecular weight excluding hydrogens is 552 g/mol. The van der Waals surface area contributed by atoms with Crippen molar-refractivity contribution in [3.63, 3.8) is 0 Å². The molecule has 0 saturated carbocycles. The van der Waals surface area contributed by atoms with Crippen molar-refractivity contribution in [3.05, 3.63) is 65.7 Å². The Labute approximate surface area is 250 Å². The van der Waals surface area contributed by atoms with Crippen molar-refractivity contribution in [1.29, 1.82) is 0 Å².